The fraction of sp³-hybridized carbons (Fsp3) is 0.381. The van der Waals surface area contributed by atoms with Gasteiger partial charge in [-0.3, -0.25) is 4.90 Å². The van der Waals surface area contributed by atoms with Gasteiger partial charge in [0.2, 0.25) is 5.95 Å². The largest absolute Gasteiger partial charge is 0.378 e. The SMILES string of the molecule is Cc1cc(Nc2ncn(-c3cc(F)cc(F)c3)n2)cc(N2CCN(C3COC3)CC2)n1.[HH]. The number of ether oxygens (including phenoxy) is 1. The number of benzene rings is 1. The van der Waals surface area contributed by atoms with E-state index in [1.54, 1.807) is 0 Å². The van der Waals surface area contributed by atoms with Crippen molar-refractivity contribution in [1.29, 1.82) is 0 Å². The second kappa shape index (κ2) is 8.20. The predicted molar refractivity (Wildman–Crippen MR) is 114 cm³/mol. The number of nitrogens with one attached hydrogen (secondary N) is 1. The average Bonchev–Trinajstić information content (AvgIpc) is 3.14. The number of halogens is 2. The van der Waals surface area contributed by atoms with Gasteiger partial charge in [0.05, 0.1) is 24.9 Å². The van der Waals surface area contributed by atoms with Crippen molar-refractivity contribution in [2.75, 3.05) is 49.6 Å². The Bertz CT molecular complexity index is 1060. The number of anilines is 3. The molecule has 0 amide bonds. The van der Waals surface area contributed by atoms with Crippen LogP contribution in [-0.4, -0.2) is 70.1 Å². The minimum absolute atomic E-state index is 0. The van der Waals surface area contributed by atoms with Crippen molar-refractivity contribution >= 4 is 17.5 Å². The van der Waals surface area contributed by atoms with Crippen molar-refractivity contribution in [3.8, 4) is 5.69 Å². The summed E-state index contributed by atoms with van der Waals surface area (Å²) in [5.74, 6) is -0.103. The number of aryl methyl sites for hydroxylation is 1. The van der Waals surface area contributed by atoms with Gasteiger partial charge in [0, 0.05) is 51.1 Å². The Morgan fingerprint density at radius 2 is 1.77 bits per heavy atom. The lowest BCUT2D eigenvalue weighted by atomic mass is 10.2. The Labute approximate surface area is 179 Å². The Hall–Kier alpha value is -3.11. The number of piperazine rings is 1. The van der Waals surface area contributed by atoms with Gasteiger partial charge < -0.3 is 15.0 Å². The molecule has 2 saturated heterocycles. The minimum Gasteiger partial charge on any atom is -0.378 e. The fourth-order valence-corrected chi connectivity index (χ4v) is 3.88. The van der Waals surface area contributed by atoms with Gasteiger partial charge in [-0.25, -0.2) is 18.4 Å². The highest BCUT2D eigenvalue weighted by Crippen LogP contribution is 2.23. The third-order valence-corrected chi connectivity index (χ3v) is 5.57. The fourth-order valence-electron chi connectivity index (χ4n) is 3.88. The summed E-state index contributed by atoms with van der Waals surface area (Å²) in [4.78, 5) is 13.6. The van der Waals surface area contributed by atoms with Crippen LogP contribution in [0.25, 0.3) is 5.69 Å². The molecular weight excluding hydrogens is 404 g/mol. The van der Waals surface area contributed by atoms with Crippen LogP contribution < -0.4 is 10.2 Å². The zero-order valence-electron chi connectivity index (χ0n) is 17.1. The van der Waals surface area contributed by atoms with Crippen molar-refractivity contribution in [2.45, 2.75) is 13.0 Å². The van der Waals surface area contributed by atoms with Crippen molar-refractivity contribution in [3.63, 3.8) is 0 Å². The summed E-state index contributed by atoms with van der Waals surface area (Å²) in [5.41, 5.74) is 1.95. The van der Waals surface area contributed by atoms with Crippen LogP contribution in [0.3, 0.4) is 0 Å². The van der Waals surface area contributed by atoms with Crippen LogP contribution in [0.2, 0.25) is 0 Å². The van der Waals surface area contributed by atoms with Crippen molar-refractivity contribution in [3.05, 3.63) is 54.0 Å². The molecule has 4 heterocycles. The van der Waals surface area contributed by atoms with E-state index in [0.29, 0.717) is 12.0 Å². The van der Waals surface area contributed by atoms with E-state index in [9.17, 15) is 8.78 Å². The highest BCUT2D eigenvalue weighted by Gasteiger charge is 2.29. The Balaban J connectivity index is 0.00000245. The van der Waals surface area contributed by atoms with Gasteiger partial charge >= 0.3 is 0 Å². The van der Waals surface area contributed by atoms with Crippen LogP contribution in [0, 0.1) is 18.6 Å². The molecule has 0 aliphatic carbocycles. The number of hydrogen-bond donors (Lipinski definition) is 1. The van der Waals surface area contributed by atoms with Crippen molar-refractivity contribution in [2.24, 2.45) is 0 Å². The lowest BCUT2D eigenvalue weighted by Crippen LogP contribution is -2.56. The molecule has 2 aliphatic rings. The van der Waals surface area contributed by atoms with Crippen molar-refractivity contribution < 1.29 is 14.9 Å². The third-order valence-electron chi connectivity index (χ3n) is 5.57. The summed E-state index contributed by atoms with van der Waals surface area (Å²) >= 11 is 0. The third kappa shape index (κ3) is 4.35. The van der Waals surface area contributed by atoms with Crippen LogP contribution in [0.1, 0.15) is 7.12 Å². The van der Waals surface area contributed by atoms with E-state index in [1.165, 1.54) is 23.1 Å². The molecule has 0 unspecified atom stereocenters. The van der Waals surface area contributed by atoms with Crippen LogP contribution in [0.15, 0.2) is 36.7 Å². The number of pyridine rings is 1. The molecule has 164 valence electrons. The van der Waals surface area contributed by atoms with E-state index in [4.69, 9.17) is 4.74 Å². The molecule has 2 fully saturated rings. The summed E-state index contributed by atoms with van der Waals surface area (Å²) in [5, 5.41) is 7.45. The van der Waals surface area contributed by atoms with E-state index in [0.717, 1.165) is 62.7 Å². The molecule has 2 aliphatic heterocycles. The maximum Gasteiger partial charge on any atom is 0.246 e. The van der Waals surface area contributed by atoms with Crippen LogP contribution in [-0.2, 0) is 4.74 Å². The normalized spacial score (nSPS) is 17.6. The molecule has 1 aromatic carbocycles. The average molecular weight is 429 g/mol. The smallest absolute Gasteiger partial charge is 0.246 e. The summed E-state index contributed by atoms with van der Waals surface area (Å²) in [7, 11) is 0. The highest BCUT2D eigenvalue weighted by atomic mass is 19.1. The van der Waals surface area contributed by atoms with Gasteiger partial charge in [0.15, 0.2) is 0 Å². The first-order valence-corrected chi connectivity index (χ1v) is 10.2. The van der Waals surface area contributed by atoms with Crippen LogP contribution in [0.5, 0.6) is 0 Å². The molecule has 8 nitrogen and oxygen atoms in total. The van der Waals surface area contributed by atoms with E-state index in [2.05, 4.69) is 30.2 Å². The summed E-state index contributed by atoms with van der Waals surface area (Å²) in [6.07, 6.45) is 1.41. The maximum absolute atomic E-state index is 13.5. The molecule has 0 radical (unpaired) electrons. The first-order chi connectivity index (χ1) is 15.0. The Morgan fingerprint density at radius 3 is 2.45 bits per heavy atom. The Morgan fingerprint density at radius 1 is 1.03 bits per heavy atom. The zero-order valence-corrected chi connectivity index (χ0v) is 17.1. The molecule has 0 atom stereocenters. The number of nitrogens with zero attached hydrogens (tertiary/aromatic N) is 6. The molecule has 31 heavy (non-hydrogen) atoms. The molecule has 0 bridgehead atoms. The molecule has 0 spiro atoms. The van der Waals surface area contributed by atoms with Gasteiger partial charge in [-0.2, -0.15) is 4.98 Å². The molecule has 0 saturated carbocycles. The number of aromatic nitrogens is 4. The molecule has 2 aromatic heterocycles. The van der Waals surface area contributed by atoms with Crippen LogP contribution in [0.4, 0.5) is 26.2 Å². The standard InChI is InChI=1S/C21H23F2N7O.H2/c1-14-6-17(10-20(25-14)29-4-2-28(3-5-29)19-11-31-12-19)26-21-24-13-30(27-21)18-8-15(22)7-16(23)9-18;/h6-10,13,19H,2-5,11-12H2,1H3,(H,25,26,27);1H. The Kier molecular flexibility index (Phi) is 5.24. The lowest BCUT2D eigenvalue weighted by Gasteiger charge is -2.42. The molecule has 10 heteroatoms. The molecule has 5 rings (SSSR count). The number of rotatable bonds is 5. The van der Waals surface area contributed by atoms with E-state index in [1.807, 2.05) is 19.1 Å². The summed E-state index contributed by atoms with van der Waals surface area (Å²) in [6, 6.07) is 7.65. The summed E-state index contributed by atoms with van der Waals surface area (Å²) in [6.45, 7) is 7.40. The first kappa shape index (κ1) is 19.8. The predicted octanol–water partition coefficient (Wildman–Crippen LogP) is 2.76. The zero-order chi connectivity index (χ0) is 21.4. The monoisotopic (exact) mass is 429 g/mol. The minimum atomic E-state index is -0.667. The lowest BCUT2D eigenvalue weighted by molar-refractivity contribution is -0.0661. The maximum atomic E-state index is 13.5. The van der Waals surface area contributed by atoms with Gasteiger partial charge in [-0.15, -0.1) is 5.10 Å². The first-order valence-electron chi connectivity index (χ1n) is 10.2. The molecule has 3 aromatic rings. The second-order valence-corrected chi connectivity index (χ2v) is 7.84. The van der Waals surface area contributed by atoms with Gasteiger partial charge in [0.25, 0.3) is 0 Å². The number of hydrogen-bond acceptors (Lipinski definition) is 7. The van der Waals surface area contributed by atoms with Crippen molar-refractivity contribution in [1.82, 2.24) is 24.6 Å². The van der Waals surface area contributed by atoms with Crippen LogP contribution >= 0.6 is 0 Å². The van der Waals surface area contributed by atoms with E-state index < -0.39 is 11.6 Å². The van der Waals surface area contributed by atoms with Gasteiger partial charge in [-0.05, 0) is 25.1 Å². The van der Waals surface area contributed by atoms with E-state index >= 15 is 0 Å². The quantitative estimate of drug-likeness (QED) is 0.669. The molecule has 1 N–H and O–H groups in total. The van der Waals surface area contributed by atoms with Gasteiger partial charge in [0.1, 0.15) is 23.8 Å². The summed E-state index contributed by atoms with van der Waals surface area (Å²) < 4.78 is 33.6. The second-order valence-electron chi connectivity index (χ2n) is 7.84. The highest BCUT2D eigenvalue weighted by molar-refractivity contribution is 5.60. The topological polar surface area (TPSA) is 71.3 Å². The molecular formula is C21H25F2N7O. The van der Waals surface area contributed by atoms with Gasteiger partial charge in [-0.1, -0.05) is 0 Å². The van der Waals surface area contributed by atoms with E-state index in [-0.39, 0.29) is 7.11 Å².